The van der Waals surface area contributed by atoms with Crippen molar-refractivity contribution in [1.29, 1.82) is 0 Å². The molecule has 1 saturated heterocycles. The monoisotopic (exact) mass is 476 g/mol. The Labute approximate surface area is 191 Å². The highest BCUT2D eigenvalue weighted by molar-refractivity contribution is 7.89. The van der Waals surface area contributed by atoms with Gasteiger partial charge in [0.05, 0.1) is 18.1 Å². The van der Waals surface area contributed by atoms with Gasteiger partial charge in [0.25, 0.3) is 0 Å². The summed E-state index contributed by atoms with van der Waals surface area (Å²) in [5.41, 5.74) is 0.460. The molecule has 2 aromatic rings. The van der Waals surface area contributed by atoms with Crippen molar-refractivity contribution in [2.75, 3.05) is 39.4 Å². The quantitative estimate of drug-likeness (QED) is 0.595. The third-order valence-electron chi connectivity index (χ3n) is 5.68. The molecule has 0 saturated carbocycles. The molecule has 0 aliphatic carbocycles. The van der Waals surface area contributed by atoms with Crippen LogP contribution in [0.4, 0.5) is 4.39 Å². The molecule has 8 nitrogen and oxygen atoms in total. The Morgan fingerprint density at radius 2 is 1.55 bits per heavy atom. The van der Waals surface area contributed by atoms with Crippen molar-refractivity contribution in [2.45, 2.75) is 24.2 Å². The van der Waals surface area contributed by atoms with Crippen LogP contribution < -0.4 is 9.47 Å². The number of halogens is 1. The van der Waals surface area contributed by atoms with Gasteiger partial charge in [-0.05, 0) is 42.5 Å². The Bertz CT molecular complexity index is 1130. The first kappa shape index (κ1) is 23.2. The Hall–Kier alpha value is -2.98. The van der Waals surface area contributed by atoms with E-state index in [-0.39, 0.29) is 55.6 Å². The van der Waals surface area contributed by atoms with Crippen molar-refractivity contribution in [1.82, 2.24) is 9.21 Å². The van der Waals surface area contributed by atoms with Crippen LogP contribution in [0.1, 0.15) is 29.6 Å². The summed E-state index contributed by atoms with van der Waals surface area (Å²) in [6.07, 6.45) is 0.857. The van der Waals surface area contributed by atoms with E-state index in [1.807, 2.05) is 0 Å². The molecule has 1 fully saturated rings. The number of rotatable bonds is 6. The molecule has 2 heterocycles. The number of ether oxygens (including phenoxy) is 2. The molecule has 1 amide bonds. The van der Waals surface area contributed by atoms with Gasteiger partial charge in [-0.25, -0.2) is 12.8 Å². The highest BCUT2D eigenvalue weighted by Gasteiger charge is 2.30. The molecule has 33 heavy (non-hydrogen) atoms. The fourth-order valence-corrected chi connectivity index (χ4v) is 5.22. The van der Waals surface area contributed by atoms with Crippen molar-refractivity contribution in [3.63, 3.8) is 0 Å². The zero-order valence-electron chi connectivity index (χ0n) is 18.0. The number of amides is 1. The summed E-state index contributed by atoms with van der Waals surface area (Å²) in [7, 11) is -3.75. The lowest BCUT2D eigenvalue weighted by Crippen LogP contribution is -2.50. The number of hydrogen-bond acceptors (Lipinski definition) is 6. The topological polar surface area (TPSA) is 93.2 Å². The van der Waals surface area contributed by atoms with Crippen molar-refractivity contribution < 1.29 is 31.9 Å². The molecular weight excluding hydrogens is 451 g/mol. The van der Waals surface area contributed by atoms with E-state index in [2.05, 4.69) is 0 Å². The zero-order valence-corrected chi connectivity index (χ0v) is 18.9. The summed E-state index contributed by atoms with van der Waals surface area (Å²) >= 11 is 0. The van der Waals surface area contributed by atoms with E-state index < -0.39 is 15.8 Å². The highest BCUT2D eigenvalue weighted by Crippen LogP contribution is 2.31. The number of Topliss-reactive ketones (excluding diaryl/α,β-unsaturated/α-hetero) is 1. The van der Waals surface area contributed by atoms with E-state index in [9.17, 15) is 22.4 Å². The standard InChI is InChI=1S/C23H25FN2O6S/c24-18-3-5-19(6-4-18)33(29,30)26-12-10-25(11-13-26)23(28)9-7-20(27)17-2-8-21-22(16-17)32-15-1-14-31-21/h2-6,8,16H,1,7,9-15H2. The van der Waals surface area contributed by atoms with Crippen LogP contribution in [0.15, 0.2) is 47.4 Å². The zero-order chi connectivity index (χ0) is 23.4. The Balaban J connectivity index is 1.29. The van der Waals surface area contributed by atoms with Crippen LogP contribution in [0, 0.1) is 5.82 Å². The minimum atomic E-state index is -3.75. The van der Waals surface area contributed by atoms with Gasteiger partial charge >= 0.3 is 0 Å². The maximum Gasteiger partial charge on any atom is 0.243 e. The number of piperazine rings is 1. The minimum Gasteiger partial charge on any atom is -0.490 e. The van der Waals surface area contributed by atoms with Gasteiger partial charge in [-0.2, -0.15) is 4.31 Å². The van der Waals surface area contributed by atoms with Gasteiger partial charge in [-0.15, -0.1) is 0 Å². The predicted molar refractivity (Wildman–Crippen MR) is 117 cm³/mol. The third kappa shape index (κ3) is 5.33. The average molecular weight is 477 g/mol. The van der Waals surface area contributed by atoms with E-state index in [4.69, 9.17) is 9.47 Å². The van der Waals surface area contributed by atoms with Crippen molar-refractivity contribution in [3.05, 3.63) is 53.8 Å². The van der Waals surface area contributed by atoms with Crippen molar-refractivity contribution in [2.24, 2.45) is 0 Å². The van der Waals surface area contributed by atoms with Crippen LogP contribution in [-0.2, 0) is 14.8 Å². The van der Waals surface area contributed by atoms with E-state index in [0.29, 0.717) is 30.3 Å². The second kappa shape index (κ2) is 9.88. The molecule has 0 aromatic heterocycles. The second-order valence-electron chi connectivity index (χ2n) is 7.87. The SMILES string of the molecule is O=C(CCC(=O)N1CCN(S(=O)(=O)c2ccc(F)cc2)CC1)c1ccc2c(c1)OCCCO2. The van der Waals surface area contributed by atoms with E-state index in [1.165, 1.54) is 16.4 Å². The number of ketones is 1. The van der Waals surface area contributed by atoms with Crippen LogP contribution in [-0.4, -0.2) is 68.7 Å². The van der Waals surface area contributed by atoms with Crippen LogP contribution >= 0.6 is 0 Å². The predicted octanol–water partition coefficient (Wildman–Crippen LogP) is 2.48. The first-order valence-electron chi connectivity index (χ1n) is 10.8. The molecule has 2 aliphatic rings. The van der Waals surface area contributed by atoms with E-state index >= 15 is 0 Å². The number of nitrogens with zero attached hydrogens (tertiary/aromatic N) is 2. The average Bonchev–Trinajstić information content (AvgIpc) is 3.07. The van der Waals surface area contributed by atoms with Crippen LogP contribution in [0.25, 0.3) is 0 Å². The van der Waals surface area contributed by atoms with E-state index in [0.717, 1.165) is 18.6 Å². The van der Waals surface area contributed by atoms with Gasteiger partial charge in [-0.1, -0.05) is 0 Å². The minimum absolute atomic E-state index is 0.0180. The number of carbonyl (C=O) groups is 2. The molecule has 176 valence electrons. The molecule has 0 spiro atoms. The normalized spacial score (nSPS) is 16.8. The molecule has 0 unspecified atom stereocenters. The number of benzene rings is 2. The van der Waals surface area contributed by atoms with Gasteiger partial charge in [0, 0.05) is 51.0 Å². The molecule has 2 aromatic carbocycles. The lowest BCUT2D eigenvalue weighted by atomic mass is 10.1. The summed E-state index contributed by atoms with van der Waals surface area (Å²) < 4.78 is 51.0. The maximum atomic E-state index is 13.1. The van der Waals surface area contributed by atoms with Gasteiger partial charge in [0.1, 0.15) is 5.82 Å². The summed E-state index contributed by atoms with van der Waals surface area (Å²) in [5, 5.41) is 0. The van der Waals surface area contributed by atoms with Crippen LogP contribution in [0.5, 0.6) is 11.5 Å². The number of carbonyl (C=O) groups excluding carboxylic acids is 2. The van der Waals surface area contributed by atoms with Crippen molar-refractivity contribution in [3.8, 4) is 11.5 Å². The Morgan fingerprint density at radius 3 is 2.24 bits per heavy atom. The van der Waals surface area contributed by atoms with Gasteiger partial charge in [0.15, 0.2) is 17.3 Å². The van der Waals surface area contributed by atoms with Crippen molar-refractivity contribution >= 4 is 21.7 Å². The third-order valence-corrected chi connectivity index (χ3v) is 7.59. The second-order valence-corrected chi connectivity index (χ2v) is 9.81. The summed E-state index contributed by atoms with van der Waals surface area (Å²) in [6, 6.07) is 9.68. The molecule has 0 bridgehead atoms. The summed E-state index contributed by atoms with van der Waals surface area (Å²) in [5.74, 6) is 0.260. The van der Waals surface area contributed by atoms with E-state index in [1.54, 1.807) is 23.1 Å². The maximum absolute atomic E-state index is 13.1. The first-order chi connectivity index (χ1) is 15.8. The number of hydrogen-bond donors (Lipinski definition) is 0. The number of sulfonamides is 1. The van der Waals surface area contributed by atoms with Gasteiger partial charge < -0.3 is 14.4 Å². The molecule has 4 rings (SSSR count). The Morgan fingerprint density at radius 1 is 0.879 bits per heavy atom. The first-order valence-corrected chi connectivity index (χ1v) is 12.2. The van der Waals surface area contributed by atoms with Gasteiger partial charge in [0.2, 0.25) is 15.9 Å². The summed E-state index contributed by atoms with van der Waals surface area (Å²) in [4.78, 5) is 26.8. The summed E-state index contributed by atoms with van der Waals surface area (Å²) in [6.45, 7) is 1.83. The highest BCUT2D eigenvalue weighted by atomic mass is 32.2. The lowest BCUT2D eigenvalue weighted by Gasteiger charge is -2.34. The lowest BCUT2D eigenvalue weighted by molar-refractivity contribution is -0.132. The largest absolute Gasteiger partial charge is 0.490 e. The van der Waals surface area contributed by atoms with Gasteiger partial charge in [-0.3, -0.25) is 9.59 Å². The fourth-order valence-electron chi connectivity index (χ4n) is 3.79. The van der Waals surface area contributed by atoms with Crippen LogP contribution in [0.2, 0.25) is 0 Å². The smallest absolute Gasteiger partial charge is 0.243 e. The molecule has 10 heteroatoms. The Kier molecular flexibility index (Phi) is 6.94. The molecule has 2 aliphatic heterocycles. The molecular formula is C23H25FN2O6S. The fraction of sp³-hybridized carbons (Fsp3) is 0.391. The molecule has 0 atom stereocenters. The van der Waals surface area contributed by atoms with Crippen LogP contribution in [0.3, 0.4) is 0 Å². The molecule has 0 radical (unpaired) electrons. The molecule has 0 N–H and O–H groups in total. The number of fused-ring (bicyclic) bond motifs is 1.